The molecule has 1 N–H and O–H groups in total. The van der Waals surface area contributed by atoms with E-state index in [1.807, 2.05) is 11.2 Å². The highest BCUT2D eigenvalue weighted by Crippen LogP contribution is 2.44. The lowest BCUT2D eigenvalue weighted by molar-refractivity contribution is -0.0744. The van der Waals surface area contributed by atoms with Gasteiger partial charge in [-0.3, -0.25) is 0 Å². The fraction of sp³-hybridized carbons (Fsp3) is 1.00. The second-order valence-electron chi connectivity index (χ2n) is 3.79. The monoisotopic (exact) mass is 189 g/mol. The molecule has 0 aromatic carbocycles. The number of aliphatic hydroxyl groups is 1. The summed E-state index contributed by atoms with van der Waals surface area (Å²) in [6.45, 7) is 3.15. The number of hydrogen-bond donors (Lipinski definition) is 1. The normalized spacial score (nSPS) is 31.2. The lowest BCUT2D eigenvalue weighted by Crippen LogP contribution is -2.63. The molecule has 1 unspecified atom stereocenters. The average molecular weight is 189 g/mol. The van der Waals surface area contributed by atoms with Gasteiger partial charge < -0.3 is 5.11 Å². The molecule has 0 aromatic heterocycles. The number of nitrogens with zero attached hydrogens (tertiary/aromatic N) is 1. The van der Waals surface area contributed by atoms with Crippen molar-refractivity contribution in [3.8, 4) is 0 Å². The van der Waals surface area contributed by atoms with Crippen molar-refractivity contribution in [2.75, 3.05) is 18.8 Å². The van der Waals surface area contributed by atoms with Gasteiger partial charge in [-0.1, -0.05) is 6.92 Å². The van der Waals surface area contributed by atoms with Crippen molar-refractivity contribution < 1.29 is 9.32 Å². The third kappa shape index (κ3) is 1.32. The van der Waals surface area contributed by atoms with Crippen LogP contribution in [0.1, 0.15) is 19.8 Å². The van der Waals surface area contributed by atoms with Crippen molar-refractivity contribution in [2.45, 2.75) is 25.4 Å². The van der Waals surface area contributed by atoms with Crippen molar-refractivity contribution in [2.24, 2.45) is 5.92 Å². The Morgan fingerprint density at radius 3 is 2.58 bits per heavy atom. The van der Waals surface area contributed by atoms with Gasteiger partial charge in [-0.2, -0.15) is 0 Å². The van der Waals surface area contributed by atoms with Crippen LogP contribution >= 0.6 is 0 Å². The van der Waals surface area contributed by atoms with E-state index in [1.54, 1.807) is 0 Å². The van der Waals surface area contributed by atoms with Crippen LogP contribution in [-0.4, -0.2) is 38.1 Å². The molecule has 2 rings (SSSR count). The summed E-state index contributed by atoms with van der Waals surface area (Å²) in [7, 11) is -0.847. The molecule has 0 amide bonds. The highest BCUT2D eigenvalue weighted by molar-refractivity contribution is 7.82. The van der Waals surface area contributed by atoms with E-state index in [9.17, 15) is 9.32 Å². The molecule has 70 valence electrons. The Morgan fingerprint density at radius 1 is 1.58 bits per heavy atom. The molecule has 1 aliphatic heterocycles. The zero-order valence-corrected chi connectivity index (χ0v) is 8.14. The molecule has 1 heterocycles. The molecule has 3 nitrogen and oxygen atoms in total. The number of hydrogen-bond acceptors (Lipinski definition) is 2. The third-order valence-electron chi connectivity index (χ3n) is 2.77. The van der Waals surface area contributed by atoms with Crippen LogP contribution < -0.4 is 0 Å². The Bertz CT molecular complexity index is 209. The Kier molecular flexibility index (Phi) is 2.01. The number of β-amino-alcohol motifs (C(OH)–C–C–N with tert-alkyl or cyclic N) is 1. The van der Waals surface area contributed by atoms with Crippen LogP contribution in [0.2, 0.25) is 0 Å². The molecule has 1 saturated heterocycles. The maximum Gasteiger partial charge on any atom is 0.0948 e. The SMILES string of the molecule is CCS(=O)N1CC(O)(C2CC2)C1. The second-order valence-corrected chi connectivity index (χ2v) is 5.52. The lowest BCUT2D eigenvalue weighted by Gasteiger charge is -2.45. The standard InChI is InChI=1S/C8H15NO2S/c1-2-12(11)9-5-8(10,6-9)7-3-4-7/h7,10H,2-6H2,1H3. The second kappa shape index (κ2) is 2.79. The molecule has 12 heavy (non-hydrogen) atoms. The van der Waals surface area contributed by atoms with Crippen LogP contribution in [0.25, 0.3) is 0 Å². The van der Waals surface area contributed by atoms with Gasteiger partial charge in [0.2, 0.25) is 0 Å². The largest absolute Gasteiger partial charge is 0.387 e. The lowest BCUT2D eigenvalue weighted by atomic mass is 9.91. The van der Waals surface area contributed by atoms with Crippen LogP contribution in [0.4, 0.5) is 0 Å². The van der Waals surface area contributed by atoms with Gasteiger partial charge in [0.1, 0.15) is 0 Å². The zero-order valence-electron chi connectivity index (χ0n) is 7.32. The first kappa shape index (κ1) is 8.66. The Balaban J connectivity index is 1.85. The fourth-order valence-corrected chi connectivity index (χ4v) is 2.87. The van der Waals surface area contributed by atoms with E-state index in [2.05, 4.69) is 0 Å². The molecule has 4 heteroatoms. The summed E-state index contributed by atoms with van der Waals surface area (Å²) >= 11 is 0. The predicted octanol–water partition coefficient (Wildman–Crippen LogP) is 0.127. The Morgan fingerprint density at radius 2 is 2.17 bits per heavy atom. The van der Waals surface area contributed by atoms with Crippen molar-refractivity contribution in [1.82, 2.24) is 4.31 Å². The van der Waals surface area contributed by atoms with Crippen molar-refractivity contribution in [3.63, 3.8) is 0 Å². The van der Waals surface area contributed by atoms with Crippen LogP contribution in [0.15, 0.2) is 0 Å². The van der Waals surface area contributed by atoms with Crippen molar-refractivity contribution in [1.29, 1.82) is 0 Å². The van der Waals surface area contributed by atoms with Gasteiger partial charge in [0.25, 0.3) is 0 Å². The zero-order chi connectivity index (χ0) is 8.77. The Labute approximate surface area is 75.3 Å². The van der Waals surface area contributed by atoms with Crippen LogP contribution in [0.5, 0.6) is 0 Å². The van der Waals surface area contributed by atoms with E-state index < -0.39 is 16.6 Å². The van der Waals surface area contributed by atoms with Gasteiger partial charge in [0.15, 0.2) is 0 Å². The van der Waals surface area contributed by atoms with Crippen molar-refractivity contribution in [3.05, 3.63) is 0 Å². The summed E-state index contributed by atoms with van der Waals surface area (Å²) in [5.41, 5.74) is -0.481. The van der Waals surface area contributed by atoms with Gasteiger partial charge in [0, 0.05) is 18.8 Å². The van der Waals surface area contributed by atoms with Gasteiger partial charge in [-0.25, -0.2) is 8.51 Å². The van der Waals surface area contributed by atoms with E-state index in [4.69, 9.17) is 0 Å². The minimum atomic E-state index is -0.847. The minimum Gasteiger partial charge on any atom is -0.387 e. The van der Waals surface area contributed by atoms with E-state index in [1.165, 1.54) is 0 Å². The van der Waals surface area contributed by atoms with Gasteiger partial charge in [0.05, 0.1) is 16.6 Å². The van der Waals surface area contributed by atoms with Gasteiger partial charge in [-0.15, -0.1) is 0 Å². The van der Waals surface area contributed by atoms with E-state index >= 15 is 0 Å². The molecule has 1 atom stereocenters. The molecule has 2 fully saturated rings. The summed E-state index contributed by atoms with van der Waals surface area (Å²) in [6, 6.07) is 0. The molecule has 0 spiro atoms. The first-order chi connectivity index (χ1) is 5.65. The average Bonchev–Trinajstić information content (AvgIpc) is 2.79. The summed E-state index contributed by atoms with van der Waals surface area (Å²) < 4.78 is 13.1. The van der Waals surface area contributed by atoms with Crippen LogP contribution in [0.3, 0.4) is 0 Å². The quantitative estimate of drug-likeness (QED) is 0.685. The first-order valence-electron chi connectivity index (χ1n) is 4.51. The predicted molar refractivity (Wildman–Crippen MR) is 47.9 cm³/mol. The summed E-state index contributed by atoms with van der Waals surface area (Å²) in [4.78, 5) is 0. The molecule has 0 radical (unpaired) electrons. The van der Waals surface area contributed by atoms with E-state index in [0.717, 1.165) is 12.8 Å². The minimum absolute atomic E-state index is 0.481. The van der Waals surface area contributed by atoms with Crippen molar-refractivity contribution >= 4 is 11.0 Å². The smallest absolute Gasteiger partial charge is 0.0948 e. The van der Waals surface area contributed by atoms with E-state index in [-0.39, 0.29) is 0 Å². The highest BCUT2D eigenvalue weighted by atomic mass is 32.2. The summed E-state index contributed by atoms with van der Waals surface area (Å²) in [5, 5.41) is 9.89. The summed E-state index contributed by atoms with van der Waals surface area (Å²) in [6.07, 6.45) is 2.31. The highest BCUT2D eigenvalue weighted by Gasteiger charge is 2.53. The molecule has 2 aliphatic rings. The summed E-state index contributed by atoms with van der Waals surface area (Å²) in [5.74, 6) is 1.17. The van der Waals surface area contributed by atoms with Gasteiger partial charge >= 0.3 is 0 Å². The molecular weight excluding hydrogens is 174 g/mol. The topological polar surface area (TPSA) is 40.5 Å². The molecule has 1 saturated carbocycles. The number of rotatable bonds is 3. The molecule has 0 aromatic rings. The molecule has 1 aliphatic carbocycles. The molecular formula is C8H15NO2S. The van der Waals surface area contributed by atoms with Crippen LogP contribution in [0, 0.1) is 5.92 Å². The third-order valence-corrected chi connectivity index (χ3v) is 4.10. The van der Waals surface area contributed by atoms with E-state index in [0.29, 0.717) is 24.8 Å². The maximum atomic E-state index is 11.3. The van der Waals surface area contributed by atoms with Gasteiger partial charge in [-0.05, 0) is 18.8 Å². The maximum absolute atomic E-state index is 11.3. The fourth-order valence-electron chi connectivity index (χ4n) is 1.77. The first-order valence-corrected chi connectivity index (χ1v) is 5.79. The molecule has 0 bridgehead atoms. The van der Waals surface area contributed by atoms with Crippen LogP contribution in [-0.2, 0) is 11.0 Å². The Hall–Kier alpha value is 0.0700.